The number of imide groups is 1. The van der Waals surface area contributed by atoms with Crippen LogP contribution in [0.25, 0.3) is 0 Å². The van der Waals surface area contributed by atoms with Gasteiger partial charge in [0.2, 0.25) is 17.7 Å². The fourth-order valence-electron chi connectivity index (χ4n) is 1.82. The molecule has 0 radical (unpaired) electrons. The maximum Gasteiger partial charge on any atom is 0.246 e. The van der Waals surface area contributed by atoms with Crippen LogP contribution in [-0.2, 0) is 14.4 Å². The molecule has 1 rings (SSSR count). The number of carbonyl (C=O) groups excluding carboxylic acids is 3. The molecule has 1 aliphatic heterocycles. The highest BCUT2D eigenvalue weighted by molar-refractivity contribution is 5.98. The minimum absolute atomic E-state index is 0.0298. The van der Waals surface area contributed by atoms with Crippen molar-refractivity contribution in [3.05, 3.63) is 0 Å². The van der Waals surface area contributed by atoms with Crippen LogP contribution in [0.3, 0.4) is 0 Å². The van der Waals surface area contributed by atoms with E-state index in [1.165, 1.54) is 4.90 Å². The van der Waals surface area contributed by atoms with E-state index < -0.39 is 5.91 Å². The SMILES string of the molecule is CN(CCN)CC(=O)NC(=O)CN1CCCC1=O. The van der Waals surface area contributed by atoms with E-state index in [2.05, 4.69) is 5.32 Å². The largest absolute Gasteiger partial charge is 0.333 e. The van der Waals surface area contributed by atoms with Crippen LogP contribution < -0.4 is 11.1 Å². The molecule has 0 aromatic carbocycles. The zero-order valence-corrected chi connectivity index (χ0v) is 10.6. The van der Waals surface area contributed by atoms with Crippen molar-refractivity contribution in [1.82, 2.24) is 15.1 Å². The fourth-order valence-corrected chi connectivity index (χ4v) is 1.82. The number of likely N-dealkylation sites (tertiary alicyclic amines) is 1. The van der Waals surface area contributed by atoms with E-state index in [9.17, 15) is 14.4 Å². The standard InChI is InChI=1S/C11H20N4O3/c1-14(6-4-12)7-9(16)13-10(17)8-15-5-2-3-11(15)18/h2-8,12H2,1H3,(H,13,16,17). The van der Waals surface area contributed by atoms with E-state index in [4.69, 9.17) is 5.73 Å². The maximum atomic E-state index is 11.5. The summed E-state index contributed by atoms with van der Waals surface area (Å²) >= 11 is 0. The normalized spacial score (nSPS) is 15.3. The number of nitrogens with one attached hydrogen (secondary N) is 1. The van der Waals surface area contributed by atoms with Crippen LogP contribution in [0.5, 0.6) is 0 Å². The molecule has 0 atom stereocenters. The molecule has 3 amide bonds. The van der Waals surface area contributed by atoms with Gasteiger partial charge in [0.1, 0.15) is 0 Å². The van der Waals surface area contributed by atoms with Gasteiger partial charge in [-0.15, -0.1) is 0 Å². The molecule has 1 saturated heterocycles. The molecule has 0 aromatic rings. The van der Waals surface area contributed by atoms with Gasteiger partial charge < -0.3 is 10.6 Å². The highest BCUT2D eigenvalue weighted by Gasteiger charge is 2.23. The Morgan fingerprint density at radius 2 is 2.17 bits per heavy atom. The van der Waals surface area contributed by atoms with E-state index in [0.29, 0.717) is 26.1 Å². The second-order valence-electron chi connectivity index (χ2n) is 4.42. The number of hydrogen-bond acceptors (Lipinski definition) is 5. The van der Waals surface area contributed by atoms with Crippen LogP contribution in [0.2, 0.25) is 0 Å². The quantitative estimate of drug-likeness (QED) is 0.581. The van der Waals surface area contributed by atoms with Gasteiger partial charge in [-0.25, -0.2) is 0 Å². The molecular weight excluding hydrogens is 236 g/mol. The molecule has 7 nitrogen and oxygen atoms in total. The first kappa shape index (κ1) is 14.6. The molecule has 1 aliphatic rings. The van der Waals surface area contributed by atoms with Gasteiger partial charge in [0.15, 0.2) is 0 Å². The van der Waals surface area contributed by atoms with Crippen molar-refractivity contribution in [1.29, 1.82) is 0 Å². The summed E-state index contributed by atoms with van der Waals surface area (Å²) in [7, 11) is 1.75. The first-order valence-electron chi connectivity index (χ1n) is 6.02. The van der Waals surface area contributed by atoms with Crippen LogP contribution in [0.4, 0.5) is 0 Å². The first-order valence-corrected chi connectivity index (χ1v) is 6.02. The molecular formula is C11H20N4O3. The van der Waals surface area contributed by atoms with E-state index >= 15 is 0 Å². The summed E-state index contributed by atoms with van der Waals surface area (Å²) < 4.78 is 0. The summed E-state index contributed by atoms with van der Waals surface area (Å²) in [5.74, 6) is -0.836. The van der Waals surface area contributed by atoms with Crippen molar-refractivity contribution in [2.24, 2.45) is 5.73 Å². The summed E-state index contributed by atoms with van der Waals surface area (Å²) in [6.07, 6.45) is 1.26. The summed E-state index contributed by atoms with van der Waals surface area (Å²) in [5.41, 5.74) is 5.35. The second kappa shape index (κ2) is 7.07. The number of rotatable bonds is 6. The molecule has 0 saturated carbocycles. The van der Waals surface area contributed by atoms with Gasteiger partial charge in [-0.3, -0.25) is 24.6 Å². The predicted molar refractivity (Wildman–Crippen MR) is 65.5 cm³/mol. The lowest BCUT2D eigenvalue weighted by atomic mass is 10.4. The van der Waals surface area contributed by atoms with E-state index in [-0.39, 0.29) is 24.9 Å². The Morgan fingerprint density at radius 1 is 1.44 bits per heavy atom. The number of nitrogens with zero attached hydrogens (tertiary/aromatic N) is 2. The number of likely N-dealkylation sites (N-methyl/N-ethyl adjacent to an activating group) is 1. The van der Waals surface area contributed by atoms with Gasteiger partial charge in [0, 0.05) is 26.1 Å². The van der Waals surface area contributed by atoms with Gasteiger partial charge in [-0.2, -0.15) is 0 Å². The highest BCUT2D eigenvalue weighted by Crippen LogP contribution is 2.08. The van der Waals surface area contributed by atoms with Crippen LogP contribution in [-0.4, -0.2) is 67.3 Å². The van der Waals surface area contributed by atoms with Gasteiger partial charge >= 0.3 is 0 Å². The average molecular weight is 256 g/mol. The topological polar surface area (TPSA) is 95.7 Å². The Labute approximate surface area is 106 Å². The molecule has 1 fully saturated rings. The van der Waals surface area contributed by atoms with Crippen molar-refractivity contribution in [3.8, 4) is 0 Å². The molecule has 18 heavy (non-hydrogen) atoms. The zero-order chi connectivity index (χ0) is 13.5. The first-order chi connectivity index (χ1) is 8.52. The molecule has 3 N–H and O–H groups in total. The molecule has 7 heteroatoms. The predicted octanol–water partition coefficient (Wildman–Crippen LogP) is -1.86. The molecule has 1 heterocycles. The van der Waals surface area contributed by atoms with Crippen LogP contribution in [0.1, 0.15) is 12.8 Å². The third kappa shape index (κ3) is 4.80. The summed E-state index contributed by atoms with van der Waals surface area (Å²) in [6.45, 7) is 1.72. The van der Waals surface area contributed by atoms with E-state index in [1.54, 1.807) is 11.9 Å². The number of carbonyl (C=O) groups is 3. The van der Waals surface area contributed by atoms with Gasteiger partial charge in [0.05, 0.1) is 13.1 Å². The number of hydrogen-bond donors (Lipinski definition) is 2. The Bertz CT molecular complexity index is 332. The second-order valence-corrected chi connectivity index (χ2v) is 4.42. The lowest BCUT2D eigenvalue weighted by Gasteiger charge is -2.16. The van der Waals surface area contributed by atoms with Crippen molar-refractivity contribution >= 4 is 17.7 Å². The summed E-state index contributed by atoms with van der Waals surface area (Å²) in [6, 6.07) is 0. The van der Waals surface area contributed by atoms with Crippen molar-refractivity contribution in [2.45, 2.75) is 12.8 Å². The highest BCUT2D eigenvalue weighted by atomic mass is 16.2. The maximum absolute atomic E-state index is 11.5. The van der Waals surface area contributed by atoms with E-state index in [1.807, 2.05) is 0 Å². The Kier molecular flexibility index (Phi) is 5.73. The van der Waals surface area contributed by atoms with Crippen LogP contribution >= 0.6 is 0 Å². The molecule has 0 bridgehead atoms. The number of nitrogens with two attached hydrogens (primary N) is 1. The number of amides is 3. The fraction of sp³-hybridized carbons (Fsp3) is 0.727. The molecule has 0 unspecified atom stereocenters. The summed E-state index contributed by atoms with van der Waals surface area (Å²) in [5, 5.41) is 2.26. The van der Waals surface area contributed by atoms with Crippen molar-refractivity contribution in [2.75, 3.05) is 39.8 Å². The third-order valence-electron chi connectivity index (χ3n) is 2.71. The molecule has 0 aliphatic carbocycles. The monoisotopic (exact) mass is 256 g/mol. The Hall–Kier alpha value is -1.47. The van der Waals surface area contributed by atoms with E-state index in [0.717, 1.165) is 6.42 Å². The van der Waals surface area contributed by atoms with Gasteiger partial charge in [-0.05, 0) is 13.5 Å². The smallest absolute Gasteiger partial charge is 0.246 e. The van der Waals surface area contributed by atoms with Crippen molar-refractivity contribution < 1.29 is 14.4 Å². The van der Waals surface area contributed by atoms with Crippen molar-refractivity contribution in [3.63, 3.8) is 0 Å². The summed E-state index contributed by atoms with van der Waals surface area (Å²) in [4.78, 5) is 37.5. The average Bonchev–Trinajstić information content (AvgIpc) is 2.64. The Balaban J connectivity index is 2.27. The lowest BCUT2D eigenvalue weighted by molar-refractivity contribution is -0.136. The minimum atomic E-state index is -0.434. The van der Waals surface area contributed by atoms with Gasteiger partial charge in [-0.1, -0.05) is 0 Å². The van der Waals surface area contributed by atoms with Crippen LogP contribution in [0, 0.1) is 0 Å². The lowest BCUT2D eigenvalue weighted by Crippen LogP contribution is -2.44. The van der Waals surface area contributed by atoms with Crippen LogP contribution in [0.15, 0.2) is 0 Å². The third-order valence-corrected chi connectivity index (χ3v) is 2.71. The molecule has 102 valence electrons. The molecule has 0 aromatic heterocycles. The molecule has 0 spiro atoms. The van der Waals surface area contributed by atoms with Gasteiger partial charge in [0.25, 0.3) is 0 Å². The zero-order valence-electron chi connectivity index (χ0n) is 10.6. The minimum Gasteiger partial charge on any atom is -0.333 e. The Morgan fingerprint density at radius 3 is 2.72 bits per heavy atom.